The molecule has 5 rings (SSSR count). The molecule has 0 unspecified atom stereocenters. The lowest BCUT2D eigenvalue weighted by Crippen LogP contribution is -2.70. The molecule has 10 atom stereocenters. The smallest absolute Gasteiger partial charge is 0.201 e. The molecule has 5 aliphatic rings. The summed E-state index contributed by atoms with van der Waals surface area (Å²) in [6.07, 6.45) is 3.99. The van der Waals surface area contributed by atoms with Crippen molar-refractivity contribution in [1.82, 2.24) is 0 Å². The molecule has 0 saturated heterocycles. The number of carbonyl (C=O) groups excluding carboxylic acids is 2. The number of hydrogen-bond donors (Lipinski definition) is 3. The maximum Gasteiger partial charge on any atom is 0.201 e. The van der Waals surface area contributed by atoms with Crippen molar-refractivity contribution in [1.29, 1.82) is 0 Å². The van der Waals surface area contributed by atoms with E-state index in [4.69, 9.17) is 0 Å². The minimum Gasteiger partial charge on any atom is -0.504 e. The second-order valence-electron chi connectivity index (χ2n) is 14.9. The van der Waals surface area contributed by atoms with Crippen LogP contribution in [0, 0.1) is 50.7 Å². The minimum atomic E-state index is -0.890. The summed E-state index contributed by atoms with van der Waals surface area (Å²) >= 11 is 0. The average molecular weight is 487 g/mol. The molecule has 0 spiro atoms. The summed E-state index contributed by atoms with van der Waals surface area (Å²) in [4.78, 5) is 27.3. The highest BCUT2D eigenvalue weighted by molar-refractivity contribution is 5.99. The van der Waals surface area contributed by atoms with Gasteiger partial charge in [-0.2, -0.15) is 0 Å². The zero-order valence-corrected chi connectivity index (χ0v) is 23.0. The Morgan fingerprint density at radius 3 is 2.17 bits per heavy atom. The van der Waals surface area contributed by atoms with Crippen LogP contribution in [0.15, 0.2) is 11.3 Å². The number of rotatable bonds is 0. The zero-order chi connectivity index (χ0) is 26.1. The van der Waals surface area contributed by atoms with Crippen molar-refractivity contribution in [3.05, 3.63) is 11.3 Å². The Morgan fingerprint density at radius 2 is 1.54 bits per heavy atom. The van der Waals surface area contributed by atoms with Gasteiger partial charge in [-0.15, -0.1) is 0 Å². The number of carbonyl (C=O) groups is 2. The van der Waals surface area contributed by atoms with Gasteiger partial charge < -0.3 is 15.3 Å². The normalized spacial score (nSPS) is 55.5. The van der Waals surface area contributed by atoms with Gasteiger partial charge in [0.25, 0.3) is 0 Å². The molecule has 5 aliphatic carbocycles. The van der Waals surface area contributed by atoms with Gasteiger partial charge in [-0.05, 0) is 85.0 Å². The van der Waals surface area contributed by atoms with Gasteiger partial charge >= 0.3 is 0 Å². The lowest BCUT2D eigenvalue weighted by Gasteiger charge is -2.71. The summed E-state index contributed by atoms with van der Waals surface area (Å²) in [6, 6.07) is 0. The number of ketones is 2. The highest BCUT2D eigenvalue weighted by Crippen LogP contribution is 2.75. The van der Waals surface area contributed by atoms with E-state index >= 15 is 0 Å². The van der Waals surface area contributed by atoms with Crippen LogP contribution in [-0.4, -0.2) is 38.6 Å². The van der Waals surface area contributed by atoms with Gasteiger partial charge in [0.15, 0.2) is 5.76 Å². The van der Waals surface area contributed by atoms with Crippen LogP contribution in [0.2, 0.25) is 0 Å². The predicted octanol–water partition coefficient (Wildman–Crippen LogP) is 5.38. The van der Waals surface area contributed by atoms with Crippen molar-refractivity contribution in [3.63, 3.8) is 0 Å². The number of hydrogen-bond acceptors (Lipinski definition) is 5. The van der Waals surface area contributed by atoms with Crippen molar-refractivity contribution in [2.24, 2.45) is 50.7 Å². The molecule has 5 heteroatoms. The fourth-order valence-electron chi connectivity index (χ4n) is 10.6. The van der Waals surface area contributed by atoms with E-state index < -0.39 is 39.3 Å². The lowest BCUT2D eigenvalue weighted by molar-refractivity contribution is -0.218. The fraction of sp³-hybridized carbons (Fsp3) is 0.867. The number of fused-ring (bicyclic) bond motifs is 7. The van der Waals surface area contributed by atoms with Gasteiger partial charge in [0, 0.05) is 23.2 Å². The molecule has 5 nitrogen and oxygen atoms in total. The summed E-state index contributed by atoms with van der Waals surface area (Å²) in [5, 5.41) is 35.0. The Kier molecular flexibility index (Phi) is 5.10. The van der Waals surface area contributed by atoms with Crippen molar-refractivity contribution >= 4 is 11.6 Å². The highest BCUT2D eigenvalue weighted by Gasteiger charge is 2.74. The summed E-state index contributed by atoms with van der Waals surface area (Å²) in [5.74, 6) is -0.792. The van der Waals surface area contributed by atoms with Gasteiger partial charge in [-0.25, -0.2) is 0 Å². The standard InChI is InChI=1S/C30H46O5/c1-16-20-21-22(33)23(34)24-27(5)11-10-18(31)25(2,3)17(27)9-12-28(24,6)30(21,8)19(32)15-26(20,4)13-14-29(16,7)35/h16-17,19-20,24,32-33,35H,9-15H2,1-8H3/t16-,17+,19+,20+,24-,26-,27+,28-,29+,30-/m1/s1. The molecule has 4 fully saturated rings. The zero-order valence-electron chi connectivity index (χ0n) is 23.0. The predicted molar refractivity (Wildman–Crippen MR) is 134 cm³/mol. The molecule has 0 aromatic heterocycles. The minimum absolute atomic E-state index is 0.0663. The van der Waals surface area contributed by atoms with Crippen LogP contribution in [-0.2, 0) is 9.59 Å². The number of allylic oxidation sites excluding steroid dienone is 1. The van der Waals surface area contributed by atoms with E-state index in [2.05, 4.69) is 27.7 Å². The molecule has 35 heavy (non-hydrogen) atoms. The Bertz CT molecular complexity index is 1020. The maximum atomic E-state index is 14.3. The van der Waals surface area contributed by atoms with Crippen LogP contribution < -0.4 is 0 Å². The molecule has 0 heterocycles. The van der Waals surface area contributed by atoms with E-state index in [1.54, 1.807) is 0 Å². The molecule has 0 radical (unpaired) electrons. The molecule has 0 aromatic carbocycles. The quantitative estimate of drug-likeness (QED) is 0.427. The van der Waals surface area contributed by atoms with Crippen LogP contribution >= 0.6 is 0 Å². The molecule has 3 N–H and O–H groups in total. The molecule has 196 valence electrons. The topological polar surface area (TPSA) is 94.8 Å². The summed E-state index contributed by atoms with van der Waals surface area (Å²) in [6.45, 7) is 16.6. The SMILES string of the molecule is C[C@@H]1[C@H]2C3=C(O)C(=O)[C@@H]4[C@@]5(C)CCC(=O)C(C)(C)[C@@H]5CC[C@@]4(C)[C@]3(C)[C@@H](O)C[C@@]2(C)CC[C@]1(C)O. The molecule has 4 saturated carbocycles. The third-order valence-corrected chi connectivity index (χ3v) is 13.1. The van der Waals surface area contributed by atoms with E-state index in [-0.39, 0.29) is 40.5 Å². The van der Waals surface area contributed by atoms with Crippen LogP contribution in [0.1, 0.15) is 100 Å². The first-order chi connectivity index (χ1) is 15.9. The molecule has 0 aromatic rings. The molecule has 0 aliphatic heterocycles. The van der Waals surface area contributed by atoms with E-state index in [9.17, 15) is 24.9 Å². The highest BCUT2D eigenvalue weighted by atomic mass is 16.3. The first kappa shape index (κ1) is 25.4. The monoisotopic (exact) mass is 486 g/mol. The van der Waals surface area contributed by atoms with Gasteiger partial charge in [0.05, 0.1) is 11.7 Å². The third kappa shape index (κ3) is 2.78. The Labute approximate surface area is 210 Å². The van der Waals surface area contributed by atoms with Crippen molar-refractivity contribution < 1.29 is 24.9 Å². The van der Waals surface area contributed by atoms with E-state index in [0.717, 1.165) is 19.3 Å². The van der Waals surface area contributed by atoms with Crippen molar-refractivity contribution in [2.75, 3.05) is 0 Å². The molecule has 0 bridgehead atoms. The van der Waals surface area contributed by atoms with Gasteiger partial charge in [-0.1, -0.05) is 48.5 Å². The lowest BCUT2D eigenvalue weighted by atomic mass is 9.32. The Balaban J connectivity index is 1.74. The first-order valence-corrected chi connectivity index (χ1v) is 13.8. The van der Waals surface area contributed by atoms with Crippen LogP contribution in [0.4, 0.5) is 0 Å². The Hall–Kier alpha value is -1.20. The van der Waals surface area contributed by atoms with Crippen LogP contribution in [0.5, 0.6) is 0 Å². The van der Waals surface area contributed by atoms with Crippen molar-refractivity contribution in [3.8, 4) is 0 Å². The van der Waals surface area contributed by atoms with Crippen LogP contribution in [0.25, 0.3) is 0 Å². The summed E-state index contributed by atoms with van der Waals surface area (Å²) < 4.78 is 0. The molecular formula is C30H46O5. The van der Waals surface area contributed by atoms with E-state index in [1.807, 2.05) is 27.7 Å². The van der Waals surface area contributed by atoms with E-state index in [0.29, 0.717) is 31.3 Å². The summed E-state index contributed by atoms with van der Waals surface area (Å²) in [7, 11) is 0. The first-order valence-electron chi connectivity index (χ1n) is 13.8. The fourth-order valence-corrected chi connectivity index (χ4v) is 10.6. The van der Waals surface area contributed by atoms with Gasteiger partial charge in [0.2, 0.25) is 5.78 Å². The third-order valence-electron chi connectivity index (χ3n) is 13.1. The second-order valence-corrected chi connectivity index (χ2v) is 14.9. The van der Waals surface area contributed by atoms with E-state index in [1.165, 1.54) is 0 Å². The summed E-state index contributed by atoms with van der Waals surface area (Å²) in [5.41, 5.74) is -2.72. The second kappa shape index (κ2) is 7.01. The largest absolute Gasteiger partial charge is 0.504 e. The Morgan fingerprint density at radius 1 is 0.914 bits per heavy atom. The van der Waals surface area contributed by atoms with Gasteiger partial charge in [0.1, 0.15) is 5.78 Å². The maximum absolute atomic E-state index is 14.3. The number of Topliss-reactive ketones (excluding diaryl/α,β-unsaturated/α-hetero) is 2. The average Bonchev–Trinajstić information content (AvgIpc) is 2.74. The van der Waals surface area contributed by atoms with Crippen LogP contribution in [0.3, 0.4) is 0 Å². The molecule has 0 amide bonds. The number of aliphatic hydroxyl groups is 3. The van der Waals surface area contributed by atoms with Crippen molar-refractivity contribution in [2.45, 2.75) is 112 Å². The van der Waals surface area contributed by atoms with Gasteiger partial charge in [-0.3, -0.25) is 9.59 Å². The number of aliphatic hydroxyl groups excluding tert-OH is 2. The molecular weight excluding hydrogens is 440 g/mol.